The molecule has 3 N–H and O–H groups in total. The number of nitrogens with two attached hydrogens (primary N) is 1. The van der Waals surface area contributed by atoms with Crippen LogP contribution in [0.1, 0.15) is 32.6 Å². The molecule has 3 heterocycles. The summed E-state index contributed by atoms with van der Waals surface area (Å²) in [5.74, 6) is 0.762. The Kier molecular flexibility index (Phi) is 2.87. The molecule has 15 heavy (non-hydrogen) atoms. The van der Waals surface area contributed by atoms with Gasteiger partial charge in [0.1, 0.15) is 0 Å². The summed E-state index contributed by atoms with van der Waals surface area (Å²) in [5.41, 5.74) is 5.15. The molecule has 1 atom stereocenters. The van der Waals surface area contributed by atoms with Gasteiger partial charge >= 0.3 is 6.03 Å². The van der Waals surface area contributed by atoms with Crippen LogP contribution in [-0.4, -0.2) is 36.1 Å². The molecule has 3 aliphatic rings. The summed E-state index contributed by atoms with van der Waals surface area (Å²) in [6, 6.07) is -0.385. The van der Waals surface area contributed by atoms with Gasteiger partial charge in [-0.1, -0.05) is 0 Å². The highest BCUT2D eigenvalue weighted by Crippen LogP contribution is 2.31. The van der Waals surface area contributed by atoms with Crippen LogP contribution in [0.2, 0.25) is 0 Å². The van der Waals surface area contributed by atoms with Crippen molar-refractivity contribution >= 4 is 6.03 Å². The number of hydrogen-bond acceptors (Lipinski definition) is 2. The van der Waals surface area contributed by atoms with E-state index in [9.17, 15) is 4.79 Å². The topological polar surface area (TPSA) is 58.4 Å². The first-order valence-corrected chi connectivity index (χ1v) is 5.87. The Bertz CT molecular complexity index is 248. The summed E-state index contributed by atoms with van der Waals surface area (Å²) in [6.07, 6.45) is 4.66. The molecule has 1 unspecified atom stereocenters. The van der Waals surface area contributed by atoms with Gasteiger partial charge in [0.05, 0.1) is 0 Å². The quantitative estimate of drug-likeness (QED) is 0.677. The van der Waals surface area contributed by atoms with Gasteiger partial charge in [0, 0.05) is 12.1 Å². The Balaban J connectivity index is 2.03. The first-order valence-electron chi connectivity index (χ1n) is 5.87. The van der Waals surface area contributed by atoms with Crippen LogP contribution in [0, 0.1) is 5.92 Å². The number of nitrogens with zero attached hydrogens (tertiary/aromatic N) is 1. The summed E-state index contributed by atoms with van der Waals surface area (Å²) in [7, 11) is 0. The summed E-state index contributed by atoms with van der Waals surface area (Å²) in [6.45, 7) is 5.68. The van der Waals surface area contributed by atoms with Crippen LogP contribution in [0.4, 0.5) is 4.79 Å². The average molecular weight is 211 g/mol. The molecule has 3 fully saturated rings. The summed E-state index contributed by atoms with van der Waals surface area (Å²) >= 11 is 0. The third-order valence-electron chi connectivity index (χ3n) is 3.85. The highest BCUT2D eigenvalue weighted by molar-refractivity contribution is 5.72. The SMILES string of the molecule is CC1(NC(N)=O)CCN2CCC(CC2)C1. The highest BCUT2D eigenvalue weighted by atomic mass is 16.2. The van der Waals surface area contributed by atoms with Gasteiger partial charge in [0.15, 0.2) is 0 Å². The van der Waals surface area contributed by atoms with Crippen molar-refractivity contribution < 1.29 is 4.79 Å². The van der Waals surface area contributed by atoms with Crippen LogP contribution in [0.5, 0.6) is 0 Å². The van der Waals surface area contributed by atoms with Crippen LogP contribution in [0.15, 0.2) is 0 Å². The fourth-order valence-corrected chi connectivity index (χ4v) is 2.97. The van der Waals surface area contributed by atoms with Gasteiger partial charge in [-0.15, -0.1) is 0 Å². The Hall–Kier alpha value is -0.770. The number of hydrogen-bond donors (Lipinski definition) is 2. The van der Waals surface area contributed by atoms with Gasteiger partial charge in [-0.25, -0.2) is 4.79 Å². The van der Waals surface area contributed by atoms with E-state index in [4.69, 9.17) is 5.73 Å². The van der Waals surface area contributed by atoms with Crippen molar-refractivity contribution in [2.24, 2.45) is 11.7 Å². The Morgan fingerprint density at radius 1 is 1.40 bits per heavy atom. The molecule has 2 amide bonds. The average Bonchev–Trinajstić information content (AvgIpc) is 2.12. The Morgan fingerprint density at radius 3 is 2.67 bits per heavy atom. The van der Waals surface area contributed by atoms with E-state index in [1.807, 2.05) is 0 Å². The Morgan fingerprint density at radius 2 is 2.07 bits per heavy atom. The molecular weight excluding hydrogens is 190 g/mol. The van der Waals surface area contributed by atoms with Gasteiger partial charge < -0.3 is 16.0 Å². The zero-order valence-electron chi connectivity index (χ0n) is 9.46. The van der Waals surface area contributed by atoms with Crippen LogP contribution in [0.3, 0.4) is 0 Å². The first-order chi connectivity index (χ1) is 7.07. The van der Waals surface area contributed by atoms with Gasteiger partial charge in [0.25, 0.3) is 0 Å². The van der Waals surface area contributed by atoms with Gasteiger partial charge in [0.2, 0.25) is 0 Å². The van der Waals surface area contributed by atoms with Crippen LogP contribution < -0.4 is 11.1 Å². The predicted octanol–water partition coefficient (Wildman–Crippen LogP) is 0.919. The molecule has 0 radical (unpaired) electrons. The maximum absolute atomic E-state index is 11.0. The van der Waals surface area contributed by atoms with Crippen molar-refractivity contribution in [2.75, 3.05) is 19.6 Å². The minimum atomic E-state index is -0.385. The van der Waals surface area contributed by atoms with E-state index in [0.29, 0.717) is 0 Å². The third-order valence-corrected chi connectivity index (χ3v) is 3.85. The molecule has 0 saturated carbocycles. The van der Waals surface area contributed by atoms with E-state index >= 15 is 0 Å². The first kappa shape index (κ1) is 10.7. The number of urea groups is 1. The highest BCUT2D eigenvalue weighted by Gasteiger charge is 2.34. The molecule has 3 aliphatic heterocycles. The third kappa shape index (κ3) is 2.62. The smallest absolute Gasteiger partial charge is 0.312 e. The molecule has 0 aliphatic carbocycles. The second-order valence-electron chi connectivity index (χ2n) is 5.29. The van der Waals surface area contributed by atoms with Crippen molar-refractivity contribution in [1.29, 1.82) is 0 Å². The second-order valence-corrected chi connectivity index (χ2v) is 5.29. The number of amides is 2. The summed E-state index contributed by atoms with van der Waals surface area (Å²) in [5, 5.41) is 2.92. The van der Waals surface area contributed by atoms with Gasteiger partial charge in [-0.2, -0.15) is 0 Å². The van der Waals surface area contributed by atoms with Crippen LogP contribution in [-0.2, 0) is 0 Å². The predicted molar refractivity (Wildman–Crippen MR) is 59.5 cm³/mol. The number of primary amides is 1. The lowest BCUT2D eigenvalue weighted by Gasteiger charge is -2.43. The van der Waals surface area contributed by atoms with E-state index in [0.717, 1.165) is 25.3 Å². The maximum Gasteiger partial charge on any atom is 0.312 e. The van der Waals surface area contributed by atoms with Crippen molar-refractivity contribution in [3.05, 3.63) is 0 Å². The zero-order chi connectivity index (χ0) is 10.9. The fraction of sp³-hybridized carbons (Fsp3) is 0.909. The van der Waals surface area contributed by atoms with E-state index in [-0.39, 0.29) is 11.6 Å². The molecule has 0 aromatic heterocycles. The number of nitrogens with one attached hydrogen (secondary N) is 1. The molecule has 4 nitrogen and oxygen atoms in total. The van der Waals surface area contributed by atoms with Gasteiger partial charge in [-0.05, 0) is 51.6 Å². The molecule has 4 heteroatoms. The molecule has 0 aromatic rings. The van der Waals surface area contributed by atoms with Crippen molar-refractivity contribution in [1.82, 2.24) is 10.2 Å². The van der Waals surface area contributed by atoms with E-state index in [1.165, 1.54) is 25.9 Å². The van der Waals surface area contributed by atoms with E-state index in [1.54, 1.807) is 0 Å². The lowest BCUT2D eigenvalue weighted by Crippen LogP contribution is -2.54. The lowest BCUT2D eigenvalue weighted by molar-refractivity contribution is 0.105. The van der Waals surface area contributed by atoms with E-state index in [2.05, 4.69) is 17.1 Å². The molecule has 86 valence electrons. The van der Waals surface area contributed by atoms with Crippen molar-refractivity contribution in [3.63, 3.8) is 0 Å². The normalized spacial score (nSPS) is 40.6. The molecular formula is C11H21N3O. The standard InChI is InChI=1S/C11H21N3O/c1-11(13-10(12)15)4-7-14-5-2-9(8-11)3-6-14/h9H,2-8H2,1H3,(H3,12,13,15). The minimum absolute atomic E-state index is 0.0877. The largest absolute Gasteiger partial charge is 0.352 e. The number of fused-ring (bicyclic) bond motifs is 5. The lowest BCUT2D eigenvalue weighted by atomic mass is 9.79. The number of carbonyl (C=O) groups excluding carboxylic acids is 1. The monoisotopic (exact) mass is 211 g/mol. The number of carbonyl (C=O) groups is 1. The summed E-state index contributed by atoms with van der Waals surface area (Å²) < 4.78 is 0. The molecule has 3 rings (SSSR count). The molecule has 0 aromatic carbocycles. The Labute approximate surface area is 91.2 Å². The van der Waals surface area contributed by atoms with Crippen LogP contribution >= 0.6 is 0 Å². The maximum atomic E-state index is 11.0. The summed E-state index contributed by atoms with van der Waals surface area (Å²) in [4.78, 5) is 13.5. The van der Waals surface area contributed by atoms with Crippen LogP contribution in [0.25, 0.3) is 0 Å². The zero-order valence-corrected chi connectivity index (χ0v) is 9.46. The molecule has 3 saturated heterocycles. The number of rotatable bonds is 1. The van der Waals surface area contributed by atoms with Crippen molar-refractivity contribution in [3.8, 4) is 0 Å². The molecule has 0 spiro atoms. The fourth-order valence-electron chi connectivity index (χ4n) is 2.97. The van der Waals surface area contributed by atoms with E-state index < -0.39 is 0 Å². The second kappa shape index (κ2) is 4.00. The van der Waals surface area contributed by atoms with Crippen molar-refractivity contribution in [2.45, 2.75) is 38.1 Å². The minimum Gasteiger partial charge on any atom is -0.352 e. The molecule has 2 bridgehead atoms. The van der Waals surface area contributed by atoms with Gasteiger partial charge in [-0.3, -0.25) is 0 Å². The number of piperidine rings is 1.